The number of nitrogens with zero attached hydrogens (tertiary/aromatic N) is 4. The van der Waals surface area contributed by atoms with Gasteiger partial charge in [0.15, 0.2) is 5.13 Å². The molecule has 136 valence electrons. The summed E-state index contributed by atoms with van der Waals surface area (Å²) >= 11 is 1.31. The van der Waals surface area contributed by atoms with E-state index in [4.69, 9.17) is 4.52 Å². The van der Waals surface area contributed by atoms with Crippen molar-refractivity contribution in [1.82, 2.24) is 19.9 Å². The Bertz CT molecular complexity index is 1110. The number of nitrogens with one attached hydrogen (secondary N) is 1. The van der Waals surface area contributed by atoms with E-state index >= 15 is 0 Å². The Labute approximate surface area is 157 Å². The standard InChI is InChI=1S/C18H14FN5O2S/c1-10-13(8-20-24(10)2)15-9-27-18(21-15)22-17(25)16-7-14(23-26-16)11-3-5-12(19)6-4-11/h3-9H,1-2H3,(H,21,22,25). The van der Waals surface area contributed by atoms with E-state index in [1.54, 1.807) is 23.0 Å². The van der Waals surface area contributed by atoms with Gasteiger partial charge in [-0.2, -0.15) is 5.10 Å². The van der Waals surface area contributed by atoms with E-state index in [0.29, 0.717) is 16.4 Å². The summed E-state index contributed by atoms with van der Waals surface area (Å²) in [5.74, 6) is -0.757. The quantitative estimate of drug-likeness (QED) is 0.578. The lowest BCUT2D eigenvalue weighted by atomic mass is 10.1. The second-order valence-electron chi connectivity index (χ2n) is 5.84. The van der Waals surface area contributed by atoms with E-state index in [1.807, 2.05) is 19.4 Å². The maximum absolute atomic E-state index is 13.0. The van der Waals surface area contributed by atoms with Crippen LogP contribution in [0.4, 0.5) is 9.52 Å². The average Bonchev–Trinajstić information content (AvgIpc) is 3.38. The first-order valence-electron chi connectivity index (χ1n) is 8.00. The Morgan fingerprint density at radius 3 is 2.74 bits per heavy atom. The van der Waals surface area contributed by atoms with Gasteiger partial charge in [-0.05, 0) is 31.2 Å². The van der Waals surface area contributed by atoms with Crippen LogP contribution in [0, 0.1) is 12.7 Å². The first-order chi connectivity index (χ1) is 13.0. The number of anilines is 1. The molecule has 4 aromatic rings. The third-order valence-corrected chi connectivity index (χ3v) is 4.87. The Hall–Kier alpha value is -3.33. The largest absolute Gasteiger partial charge is 0.350 e. The molecule has 1 N–H and O–H groups in total. The van der Waals surface area contributed by atoms with Crippen LogP contribution in [0.3, 0.4) is 0 Å². The Morgan fingerprint density at radius 2 is 2.04 bits per heavy atom. The summed E-state index contributed by atoms with van der Waals surface area (Å²) in [6, 6.07) is 7.28. The van der Waals surface area contributed by atoms with Crippen LogP contribution in [0.1, 0.15) is 16.2 Å². The molecule has 0 spiro atoms. The summed E-state index contributed by atoms with van der Waals surface area (Å²) < 4.78 is 19.9. The summed E-state index contributed by atoms with van der Waals surface area (Å²) in [7, 11) is 1.86. The van der Waals surface area contributed by atoms with Crippen LogP contribution >= 0.6 is 11.3 Å². The second-order valence-corrected chi connectivity index (χ2v) is 6.70. The van der Waals surface area contributed by atoms with E-state index in [1.165, 1.54) is 29.5 Å². The van der Waals surface area contributed by atoms with E-state index < -0.39 is 5.91 Å². The lowest BCUT2D eigenvalue weighted by Crippen LogP contribution is -2.10. The number of amides is 1. The van der Waals surface area contributed by atoms with Crippen molar-refractivity contribution in [3.63, 3.8) is 0 Å². The number of carbonyl (C=O) groups excluding carboxylic acids is 1. The van der Waals surface area contributed by atoms with Gasteiger partial charge in [0.05, 0.1) is 11.9 Å². The lowest BCUT2D eigenvalue weighted by Gasteiger charge is -1.97. The fourth-order valence-electron chi connectivity index (χ4n) is 2.50. The predicted octanol–water partition coefficient (Wildman–Crippen LogP) is 3.90. The van der Waals surface area contributed by atoms with Crippen molar-refractivity contribution in [2.45, 2.75) is 6.92 Å². The fraction of sp³-hybridized carbons (Fsp3) is 0.111. The SMILES string of the molecule is Cc1c(-c2csc(NC(=O)c3cc(-c4ccc(F)cc4)no3)n2)cnn1C. The van der Waals surface area contributed by atoms with Crippen LogP contribution < -0.4 is 5.32 Å². The number of hydrogen-bond donors (Lipinski definition) is 1. The van der Waals surface area contributed by atoms with Gasteiger partial charge in [-0.15, -0.1) is 11.3 Å². The summed E-state index contributed by atoms with van der Waals surface area (Å²) in [6.45, 7) is 1.95. The van der Waals surface area contributed by atoms with Crippen molar-refractivity contribution in [2.75, 3.05) is 5.32 Å². The van der Waals surface area contributed by atoms with Gasteiger partial charge < -0.3 is 4.52 Å². The molecule has 0 aliphatic carbocycles. The van der Waals surface area contributed by atoms with E-state index in [0.717, 1.165) is 17.0 Å². The van der Waals surface area contributed by atoms with Gasteiger partial charge in [0.1, 0.15) is 11.5 Å². The number of thiazole rings is 1. The maximum atomic E-state index is 13.0. The lowest BCUT2D eigenvalue weighted by molar-refractivity contribution is 0.0988. The van der Waals surface area contributed by atoms with Gasteiger partial charge in [0.25, 0.3) is 5.91 Å². The molecule has 7 nitrogen and oxygen atoms in total. The fourth-order valence-corrected chi connectivity index (χ4v) is 3.21. The van der Waals surface area contributed by atoms with Gasteiger partial charge in [0, 0.05) is 35.3 Å². The molecule has 0 aliphatic heterocycles. The number of aromatic nitrogens is 4. The number of carbonyl (C=O) groups is 1. The molecule has 4 rings (SSSR count). The minimum absolute atomic E-state index is 0.0450. The van der Waals surface area contributed by atoms with Crippen LogP contribution in [0.25, 0.3) is 22.5 Å². The molecule has 0 radical (unpaired) electrons. The highest BCUT2D eigenvalue weighted by Gasteiger charge is 2.17. The number of hydrogen-bond acceptors (Lipinski definition) is 6. The maximum Gasteiger partial charge on any atom is 0.296 e. The monoisotopic (exact) mass is 383 g/mol. The van der Waals surface area contributed by atoms with Gasteiger partial charge in [-0.25, -0.2) is 9.37 Å². The number of rotatable bonds is 4. The molecule has 0 bridgehead atoms. The third kappa shape index (κ3) is 3.36. The minimum atomic E-state index is -0.459. The van der Waals surface area contributed by atoms with Crippen LogP contribution in [0.15, 0.2) is 46.4 Å². The Balaban J connectivity index is 1.50. The first kappa shape index (κ1) is 17.1. The molecular weight excluding hydrogens is 369 g/mol. The van der Waals surface area contributed by atoms with Gasteiger partial charge in [-0.3, -0.25) is 14.8 Å². The van der Waals surface area contributed by atoms with Gasteiger partial charge in [-0.1, -0.05) is 5.16 Å². The first-order valence-corrected chi connectivity index (χ1v) is 8.88. The summed E-state index contributed by atoms with van der Waals surface area (Å²) in [5, 5.41) is 13.0. The zero-order chi connectivity index (χ0) is 19.0. The van der Waals surface area contributed by atoms with E-state index in [2.05, 4.69) is 20.6 Å². The molecule has 9 heteroatoms. The zero-order valence-electron chi connectivity index (χ0n) is 14.4. The average molecular weight is 383 g/mol. The van der Waals surface area contributed by atoms with Crippen LogP contribution in [-0.4, -0.2) is 25.8 Å². The number of halogens is 1. The highest BCUT2D eigenvalue weighted by Crippen LogP contribution is 2.27. The van der Waals surface area contributed by atoms with E-state index in [-0.39, 0.29) is 11.6 Å². The molecule has 1 amide bonds. The van der Waals surface area contributed by atoms with Gasteiger partial charge >= 0.3 is 0 Å². The predicted molar refractivity (Wildman–Crippen MR) is 98.9 cm³/mol. The molecule has 0 atom stereocenters. The van der Waals surface area contributed by atoms with E-state index in [9.17, 15) is 9.18 Å². The van der Waals surface area contributed by atoms with Gasteiger partial charge in [0.2, 0.25) is 5.76 Å². The smallest absolute Gasteiger partial charge is 0.296 e. The van der Waals surface area contributed by atoms with Crippen molar-refractivity contribution in [2.24, 2.45) is 7.05 Å². The molecule has 0 saturated carbocycles. The summed E-state index contributed by atoms with van der Waals surface area (Å²) in [6.07, 6.45) is 1.74. The van der Waals surface area contributed by atoms with Crippen molar-refractivity contribution in [3.05, 3.63) is 59.2 Å². The number of benzene rings is 1. The zero-order valence-corrected chi connectivity index (χ0v) is 15.2. The minimum Gasteiger partial charge on any atom is -0.350 e. The molecular formula is C18H14FN5O2S. The second kappa shape index (κ2) is 6.76. The molecule has 3 heterocycles. The molecule has 0 fully saturated rings. The molecule has 3 aromatic heterocycles. The van der Waals surface area contributed by atoms with Crippen molar-refractivity contribution in [1.29, 1.82) is 0 Å². The number of aryl methyl sites for hydroxylation is 1. The topological polar surface area (TPSA) is 85.8 Å². The van der Waals surface area contributed by atoms with Crippen molar-refractivity contribution in [3.8, 4) is 22.5 Å². The molecule has 0 saturated heterocycles. The Kier molecular flexibility index (Phi) is 4.28. The third-order valence-electron chi connectivity index (χ3n) is 4.11. The molecule has 0 unspecified atom stereocenters. The summed E-state index contributed by atoms with van der Waals surface area (Å²) in [5.41, 5.74) is 3.74. The molecule has 0 aliphatic rings. The summed E-state index contributed by atoms with van der Waals surface area (Å²) in [4.78, 5) is 16.8. The van der Waals surface area contributed by atoms with Crippen molar-refractivity contribution < 1.29 is 13.7 Å². The van der Waals surface area contributed by atoms with Crippen LogP contribution in [0.2, 0.25) is 0 Å². The van der Waals surface area contributed by atoms with Crippen LogP contribution in [-0.2, 0) is 7.05 Å². The van der Waals surface area contributed by atoms with Crippen molar-refractivity contribution >= 4 is 22.4 Å². The Morgan fingerprint density at radius 1 is 1.26 bits per heavy atom. The van der Waals surface area contributed by atoms with Crippen LogP contribution in [0.5, 0.6) is 0 Å². The molecule has 1 aromatic carbocycles. The highest BCUT2D eigenvalue weighted by atomic mass is 32.1. The molecule has 27 heavy (non-hydrogen) atoms. The highest BCUT2D eigenvalue weighted by molar-refractivity contribution is 7.14. The normalized spacial score (nSPS) is 10.9.